The molecule has 0 spiro atoms. The molecule has 0 radical (unpaired) electrons. The maximum absolute atomic E-state index is 12.6. The predicted molar refractivity (Wildman–Crippen MR) is 163 cm³/mol. The predicted octanol–water partition coefficient (Wildman–Crippen LogP) is 4.34. The van der Waals surface area contributed by atoms with Gasteiger partial charge in [-0.3, -0.25) is 14.2 Å². The highest BCUT2D eigenvalue weighted by Crippen LogP contribution is 2.44. The smallest absolute Gasteiger partial charge is 0.407 e. The van der Waals surface area contributed by atoms with Crippen molar-refractivity contribution >= 4 is 12.0 Å². The van der Waals surface area contributed by atoms with Crippen LogP contribution in [0.3, 0.4) is 0 Å². The van der Waals surface area contributed by atoms with E-state index in [1.54, 1.807) is 4.68 Å². The quantitative estimate of drug-likeness (QED) is 0.170. The Labute approximate surface area is 256 Å². The van der Waals surface area contributed by atoms with Crippen molar-refractivity contribution in [1.82, 2.24) is 35.3 Å². The zero-order valence-corrected chi connectivity index (χ0v) is 25.1. The van der Waals surface area contributed by atoms with E-state index in [0.717, 1.165) is 47.3 Å². The number of alkyl carbamates (subject to hydrolysis) is 1. The van der Waals surface area contributed by atoms with Crippen molar-refractivity contribution in [3.05, 3.63) is 83.4 Å². The molecule has 3 N–H and O–H groups in total. The highest BCUT2D eigenvalue weighted by atomic mass is 16.5. The number of ether oxygens (including phenoxy) is 2. The number of amides is 2. The first-order valence-corrected chi connectivity index (χ1v) is 15.3. The molecule has 1 aliphatic rings. The fourth-order valence-corrected chi connectivity index (χ4v) is 5.50. The third-order valence-corrected chi connectivity index (χ3v) is 7.77. The van der Waals surface area contributed by atoms with Crippen LogP contribution >= 0.6 is 0 Å². The van der Waals surface area contributed by atoms with Crippen LogP contribution in [0.4, 0.5) is 4.79 Å². The number of nitrogens with two attached hydrogens (primary N) is 1. The van der Waals surface area contributed by atoms with Crippen molar-refractivity contribution in [2.24, 2.45) is 5.73 Å². The molecule has 2 heterocycles. The Morgan fingerprint density at radius 3 is 2.00 bits per heavy atom. The highest BCUT2D eigenvalue weighted by Gasteiger charge is 2.29. The van der Waals surface area contributed by atoms with Crippen molar-refractivity contribution in [2.75, 3.05) is 6.61 Å². The van der Waals surface area contributed by atoms with E-state index in [1.165, 1.54) is 12.8 Å². The number of carbonyl (C=O) groups excluding carboxylic acids is 2. The van der Waals surface area contributed by atoms with Gasteiger partial charge in [-0.15, -0.1) is 10.2 Å². The van der Waals surface area contributed by atoms with Crippen LogP contribution in [-0.4, -0.2) is 54.6 Å². The number of rotatable bonds is 17. The molecule has 2 aromatic carbocycles. The lowest BCUT2D eigenvalue weighted by Gasteiger charge is -2.18. The summed E-state index contributed by atoms with van der Waals surface area (Å²) in [6, 6.07) is 15.4. The Hall–Kier alpha value is -4.58. The molecule has 44 heavy (non-hydrogen) atoms. The molecular weight excluding hydrogens is 560 g/mol. The molecule has 2 amide bonds. The largest absolute Gasteiger partial charge is 0.449 e. The zero-order chi connectivity index (χ0) is 30.7. The van der Waals surface area contributed by atoms with Crippen LogP contribution in [-0.2, 0) is 40.6 Å². The van der Waals surface area contributed by atoms with Gasteiger partial charge >= 0.3 is 6.09 Å². The second-order valence-corrected chi connectivity index (χ2v) is 11.1. The van der Waals surface area contributed by atoms with Gasteiger partial charge in [0.2, 0.25) is 5.91 Å². The van der Waals surface area contributed by atoms with E-state index in [2.05, 4.69) is 57.1 Å². The summed E-state index contributed by atoms with van der Waals surface area (Å²) in [5, 5.41) is 19.2. The average molecular weight is 601 g/mol. The summed E-state index contributed by atoms with van der Waals surface area (Å²) in [5.74, 6) is -0.658. The van der Waals surface area contributed by atoms with Gasteiger partial charge in [-0.2, -0.15) is 0 Å². The van der Waals surface area contributed by atoms with E-state index in [0.29, 0.717) is 38.3 Å². The van der Waals surface area contributed by atoms with E-state index < -0.39 is 18.0 Å². The van der Waals surface area contributed by atoms with Crippen LogP contribution in [0.1, 0.15) is 73.9 Å². The third-order valence-electron chi connectivity index (χ3n) is 7.77. The minimum atomic E-state index is -0.824. The normalized spacial score (nSPS) is 12.9. The summed E-state index contributed by atoms with van der Waals surface area (Å²) in [4.78, 5) is 24.7. The third kappa shape index (κ3) is 8.07. The van der Waals surface area contributed by atoms with Crippen molar-refractivity contribution in [2.45, 2.75) is 83.7 Å². The lowest BCUT2D eigenvalue weighted by atomic mass is 9.98. The van der Waals surface area contributed by atoms with Gasteiger partial charge < -0.3 is 20.5 Å². The summed E-state index contributed by atoms with van der Waals surface area (Å²) >= 11 is 0. The van der Waals surface area contributed by atoms with Crippen LogP contribution in [0.5, 0.6) is 0 Å². The van der Waals surface area contributed by atoms with E-state index in [1.807, 2.05) is 41.3 Å². The SMILES string of the molecule is CCCCCn1cc(COCc2cn(CCCC[C@H](NC(=O)OCC3c4ccccc4-c4ccccc43)C(N)=O)nn2)nn1. The van der Waals surface area contributed by atoms with Gasteiger partial charge in [-0.05, 0) is 47.9 Å². The molecule has 0 bridgehead atoms. The Bertz CT molecular complexity index is 1490. The molecule has 0 fully saturated rings. The molecule has 0 unspecified atom stereocenters. The Morgan fingerprint density at radius 1 is 0.864 bits per heavy atom. The number of hydrogen-bond acceptors (Lipinski definition) is 8. The fourth-order valence-electron chi connectivity index (χ4n) is 5.50. The fraction of sp³-hybridized carbons (Fsp3) is 0.438. The number of aromatic nitrogens is 6. The lowest BCUT2D eigenvalue weighted by Crippen LogP contribution is -2.44. The molecule has 2 aromatic heterocycles. The molecule has 12 nitrogen and oxygen atoms in total. The summed E-state index contributed by atoms with van der Waals surface area (Å²) in [6.45, 7) is 4.48. The number of nitrogens with zero attached hydrogens (tertiary/aromatic N) is 6. The molecule has 4 aromatic rings. The maximum Gasteiger partial charge on any atom is 0.407 e. The van der Waals surface area contributed by atoms with Crippen molar-refractivity contribution in [1.29, 1.82) is 0 Å². The van der Waals surface area contributed by atoms with Gasteiger partial charge in [0.15, 0.2) is 0 Å². The minimum absolute atomic E-state index is 0.0610. The second-order valence-electron chi connectivity index (χ2n) is 11.1. The number of unbranched alkanes of at least 4 members (excludes halogenated alkanes) is 3. The first-order chi connectivity index (χ1) is 21.5. The standard InChI is InChI=1S/C32H40N8O4/c1-2-3-9-16-39-18-23(35-37-39)20-43-21-24-19-40(38-36-24)17-10-8-15-30(31(33)41)34-32(42)44-22-29-27-13-6-4-11-25(27)26-12-5-7-14-28(26)29/h4-7,11-14,18-19,29-30H,2-3,8-10,15-17,20-22H2,1H3,(H2,33,41)(H,34,42)/t30-/m0/s1. The van der Waals surface area contributed by atoms with Crippen molar-refractivity contribution in [3.63, 3.8) is 0 Å². The molecule has 1 aliphatic carbocycles. The zero-order valence-electron chi connectivity index (χ0n) is 25.1. The summed E-state index contributed by atoms with van der Waals surface area (Å²) in [7, 11) is 0. The van der Waals surface area contributed by atoms with Crippen molar-refractivity contribution < 1.29 is 19.1 Å². The Kier molecular flexibility index (Phi) is 10.7. The van der Waals surface area contributed by atoms with Crippen molar-refractivity contribution in [3.8, 4) is 11.1 Å². The summed E-state index contributed by atoms with van der Waals surface area (Å²) in [5.41, 5.74) is 11.6. The molecule has 1 atom stereocenters. The number of nitrogens with one attached hydrogen (secondary N) is 1. The van der Waals surface area contributed by atoms with Crippen LogP contribution < -0.4 is 11.1 Å². The second kappa shape index (κ2) is 15.2. The van der Waals surface area contributed by atoms with E-state index in [9.17, 15) is 9.59 Å². The molecular formula is C32H40N8O4. The van der Waals surface area contributed by atoms with Crippen LogP contribution in [0.15, 0.2) is 60.9 Å². The number of fused-ring (bicyclic) bond motifs is 3. The number of hydrogen-bond donors (Lipinski definition) is 2. The number of carbonyl (C=O) groups is 2. The average Bonchev–Trinajstić information content (AvgIpc) is 3.76. The molecule has 0 aliphatic heterocycles. The van der Waals surface area contributed by atoms with E-state index >= 15 is 0 Å². The van der Waals surface area contributed by atoms with Gasteiger partial charge in [0.25, 0.3) is 0 Å². The number of aryl methyl sites for hydroxylation is 2. The lowest BCUT2D eigenvalue weighted by molar-refractivity contribution is -0.120. The Morgan fingerprint density at radius 2 is 1.43 bits per heavy atom. The monoisotopic (exact) mass is 600 g/mol. The number of primary amides is 1. The van der Waals surface area contributed by atoms with Crippen LogP contribution in [0.25, 0.3) is 11.1 Å². The van der Waals surface area contributed by atoms with Gasteiger partial charge in [0, 0.05) is 19.0 Å². The van der Waals surface area contributed by atoms with E-state index in [4.69, 9.17) is 15.2 Å². The number of benzene rings is 2. The minimum Gasteiger partial charge on any atom is -0.449 e. The highest BCUT2D eigenvalue weighted by molar-refractivity contribution is 5.84. The molecule has 0 saturated heterocycles. The molecule has 0 saturated carbocycles. The molecule has 232 valence electrons. The Balaban J connectivity index is 1.00. The van der Waals surface area contributed by atoms with Crippen LogP contribution in [0, 0.1) is 0 Å². The first-order valence-electron chi connectivity index (χ1n) is 15.3. The molecule has 5 rings (SSSR count). The van der Waals surface area contributed by atoms with Gasteiger partial charge in [0.05, 0.1) is 25.6 Å². The topological polar surface area (TPSA) is 152 Å². The van der Waals surface area contributed by atoms with Gasteiger partial charge in [-0.1, -0.05) is 78.7 Å². The van der Waals surface area contributed by atoms with Gasteiger partial charge in [-0.25, -0.2) is 4.79 Å². The van der Waals surface area contributed by atoms with E-state index in [-0.39, 0.29) is 12.5 Å². The van der Waals surface area contributed by atoms with Gasteiger partial charge in [0.1, 0.15) is 24.0 Å². The van der Waals surface area contributed by atoms with Crippen LogP contribution in [0.2, 0.25) is 0 Å². The first kappa shape index (κ1) is 30.9. The molecule has 12 heteroatoms. The summed E-state index contributed by atoms with van der Waals surface area (Å²) < 4.78 is 14.9. The maximum atomic E-state index is 12.6. The summed E-state index contributed by atoms with van der Waals surface area (Å²) in [6.07, 6.45) is 8.28.